The maximum Gasteiger partial charge on any atom is 0.289 e. The molecule has 0 saturated carbocycles. The van der Waals surface area contributed by atoms with Crippen LogP contribution in [0.2, 0.25) is 0 Å². The molecular formula is C18H24ClFN2O2. The summed E-state index contributed by atoms with van der Waals surface area (Å²) in [4.78, 5) is 13.9. The van der Waals surface area contributed by atoms with Crippen LogP contribution in [-0.4, -0.2) is 30.4 Å². The van der Waals surface area contributed by atoms with E-state index in [-0.39, 0.29) is 35.9 Å². The summed E-state index contributed by atoms with van der Waals surface area (Å²) < 4.78 is 19.3. The largest absolute Gasteiger partial charge is 0.451 e. The smallest absolute Gasteiger partial charge is 0.289 e. The Kier molecular flexibility index (Phi) is 7.45. The summed E-state index contributed by atoms with van der Waals surface area (Å²) in [6, 6.07) is 9.55. The van der Waals surface area contributed by atoms with E-state index < -0.39 is 0 Å². The average Bonchev–Trinajstić information content (AvgIpc) is 3.01. The van der Waals surface area contributed by atoms with Gasteiger partial charge in [0.05, 0.1) is 5.56 Å². The van der Waals surface area contributed by atoms with Crippen LogP contribution >= 0.6 is 12.4 Å². The molecule has 0 saturated heterocycles. The molecule has 0 aliphatic carbocycles. The van der Waals surface area contributed by atoms with Gasteiger partial charge in [0.1, 0.15) is 11.6 Å². The van der Waals surface area contributed by atoms with Gasteiger partial charge in [-0.05, 0) is 36.6 Å². The van der Waals surface area contributed by atoms with E-state index in [2.05, 4.69) is 13.8 Å². The second kappa shape index (κ2) is 8.85. The molecule has 0 spiro atoms. The summed E-state index contributed by atoms with van der Waals surface area (Å²) >= 11 is 0. The van der Waals surface area contributed by atoms with Crippen molar-refractivity contribution in [2.24, 2.45) is 11.7 Å². The Morgan fingerprint density at radius 2 is 1.92 bits per heavy atom. The standard InChI is InChI=1S/C18H23FN2O2.ClH/c1-12(2)15(20)10-11-21(3)18(22)17-9-8-16(23-17)13-6-4-5-7-14(13)19;/h4-9,12,15H,10-11,20H2,1-3H3;1H. The lowest BCUT2D eigenvalue weighted by molar-refractivity contribution is 0.0758. The first-order valence-electron chi connectivity index (χ1n) is 7.76. The number of carbonyl (C=O) groups is 1. The number of furan rings is 1. The topological polar surface area (TPSA) is 59.5 Å². The van der Waals surface area contributed by atoms with Crippen molar-refractivity contribution >= 4 is 18.3 Å². The third-order valence-electron chi connectivity index (χ3n) is 3.96. The molecule has 0 aliphatic rings. The van der Waals surface area contributed by atoms with Crippen LogP contribution in [0.3, 0.4) is 0 Å². The molecule has 1 aromatic heterocycles. The van der Waals surface area contributed by atoms with Gasteiger partial charge >= 0.3 is 0 Å². The van der Waals surface area contributed by atoms with Crippen LogP contribution in [0.1, 0.15) is 30.8 Å². The van der Waals surface area contributed by atoms with Gasteiger partial charge in [-0.2, -0.15) is 0 Å². The molecule has 0 radical (unpaired) electrons. The van der Waals surface area contributed by atoms with Crippen LogP contribution in [0.5, 0.6) is 0 Å². The molecule has 4 nitrogen and oxygen atoms in total. The molecule has 1 atom stereocenters. The number of carbonyl (C=O) groups excluding carboxylic acids is 1. The van der Waals surface area contributed by atoms with E-state index in [0.29, 0.717) is 23.8 Å². The molecule has 0 fully saturated rings. The molecule has 6 heteroatoms. The minimum atomic E-state index is -0.378. The summed E-state index contributed by atoms with van der Waals surface area (Å²) in [7, 11) is 1.71. The number of hydrogen-bond donors (Lipinski definition) is 1. The number of amides is 1. The highest BCUT2D eigenvalue weighted by atomic mass is 35.5. The molecule has 2 rings (SSSR count). The second-order valence-electron chi connectivity index (χ2n) is 6.07. The van der Waals surface area contributed by atoms with Gasteiger partial charge in [0.25, 0.3) is 5.91 Å². The Bertz CT molecular complexity index is 673. The quantitative estimate of drug-likeness (QED) is 0.854. The summed E-state index contributed by atoms with van der Waals surface area (Å²) in [6.45, 7) is 4.66. The normalized spacial score (nSPS) is 11.9. The Hall–Kier alpha value is -1.85. The van der Waals surface area contributed by atoms with Gasteiger partial charge in [-0.1, -0.05) is 26.0 Å². The van der Waals surface area contributed by atoms with Gasteiger partial charge in [0, 0.05) is 19.6 Å². The van der Waals surface area contributed by atoms with Crippen molar-refractivity contribution in [3.63, 3.8) is 0 Å². The van der Waals surface area contributed by atoms with Crippen LogP contribution in [0, 0.1) is 11.7 Å². The Labute approximate surface area is 148 Å². The lowest BCUT2D eigenvalue weighted by Gasteiger charge is -2.20. The molecule has 0 bridgehead atoms. The van der Waals surface area contributed by atoms with Gasteiger partial charge in [0.15, 0.2) is 5.76 Å². The van der Waals surface area contributed by atoms with Crippen LogP contribution < -0.4 is 5.73 Å². The first-order valence-corrected chi connectivity index (χ1v) is 7.76. The van der Waals surface area contributed by atoms with Crippen LogP contribution in [-0.2, 0) is 0 Å². The van der Waals surface area contributed by atoms with E-state index in [1.807, 2.05) is 0 Å². The van der Waals surface area contributed by atoms with E-state index in [1.165, 1.54) is 6.07 Å². The highest BCUT2D eigenvalue weighted by Crippen LogP contribution is 2.25. The number of nitrogens with zero attached hydrogens (tertiary/aromatic N) is 1. The highest BCUT2D eigenvalue weighted by molar-refractivity contribution is 5.91. The van der Waals surface area contributed by atoms with Crippen molar-refractivity contribution < 1.29 is 13.6 Å². The molecule has 1 heterocycles. The van der Waals surface area contributed by atoms with Gasteiger partial charge in [0.2, 0.25) is 0 Å². The maximum absolute atomic E-state index is 13.8. The van der Waals surface area contributed by atoms with Crippen LogP contribution in [0.25, 0.3) is 11.3 Å². The molecule has 132 valence electrons. The van der Waals surface area contributed by atoms with Crippen LogP contribution in [0.4, 0.5) is 4.39 Å². The van der Waals surface area contributed by atoms with Crippen molar-refractivity contribution in [2.75, 3.05) is 13.6 Å². The average molecular weight is 355 g/mol. The fourth-order valence-corrected chi connectivity index (χ4v) is 2.22. The molecule has 2 aromatic rings. The molecule has 2 N–H and O–H groups in total. The first-order chi connectivity index (χ1) is 10.9. The summed E-state index contributed by atoms with van der Waals surface area (Å²) in [5.41, 5.74) is 6.34. The zero-order valence-electron chi connectivity index (χ0n) is 14.2. The third-order valence-corrected chi connectivity index (χ3v) is 3.96. The molecule has 24 heavy (non-hydrogen) atoms. The number of rotatable bonds is 6. The molecule has 1 amide bonds. The third kappa shape index (κ3) is 4.82. The number of hydrogen-bond acceptors (Lipinski definition) is 3. The lowest BCUT2D eigenvalue weighted by Crippen LogP contribution is -2.34. The number of nitrogens with two attached hydrogens (primary N) is 1. The highest BCUT2D eigenvalue weighted by Gasteiger charge is 2.18. The van der Waals surface area contributed by atoms with Crippen molar-refractivity contribution in [1.82, 2.24) is 4.90 Å². The predicted octanol–water partition coefficient (Wildman–Crippen LogP) is 3.95. The lowest BCUT2D eigenvalue weighted by atomic mass is 10.0. The van der Waals surface area contributed by atoms with Crippen molar-refractivity contribution in [1.29, 1.82) is 0 Å². The van der Waals surface area contributed by atoms with E-state index in [9.17, 15) is 9.18 Å². The van der Waals surface area contributed by atoms with Crippen molar-refractivity contribution in [2.45, 2.75) is 26.3 Å². The molecule has 1 unspecified atom stereocenters. The Morgan fingerprint density at radius 1 is 1.25 bits per heavy atom. The monoisotopic (exact) mass is 354 g/mol. The maximum atomic E-state index is 13.8. The van der Waals surface area contributed by atoms with E-state index >= 15 is 0 Å². The summed E-state index contributed by atoms with van der Waals surface area (Å²) in [5, 5.41) is 0. The number of halogens is 2. The summed E-state index contributed by atoms with van der Waals surface area (Å²) in [6.07, 6.45) is 0.723. The SMILES string of the molecule is CC(C)C(N)CCN(C)C(=O)c1ccc(-c2ccccc2F)o1.Cl. The fourth-order valence-electron chi connectivity index (χ4n) is 2.22. The Morgan fingerprint density at radius 3 is 2.54 bits per heavy atom. The Balaban J connectivity index is 0.00000288. The van der Waals surface area contributed by atoms with Gasteiger partial charge in [-0.25, -0.2) is 4.39 Å². The van der Waals surface area contributed by atoms with E-state index in [4.69, 9.17) is 10.2 Å². The van der Waals surface area contributed by atoms with Gasteiger partial charge < -0.3 is 15.1 Å². The molecule has 0 aliphatic heterocycles. The predicted molar refractivity (Wildman–Crippen MR) is 95.7 cm³/mol. The van der Waals surface area contributed by atoms with Gasteiger partial charge in [-0.15, -0.1) is 12.4 Å². The molecule has 1 aromatic carbocycles. The van der Waals surface area contributed by atoms with E-state index in [1.54, 1.807) is 42.3 Å². The van der Waals surface area contributed by atoms with Crippen LogP contribution in [0.15, 0.2) is 40.8 Å². The fraction of sp³-hybridized carbons (Fsp3) is 0.389. The van der Waals surface area contributed by atoms with Crippen molar-refractivity contribution in [3.05, 3.63) is 48.0 Å². The minimum absolute atomic E-state index is 0. The minimum Gasteiger partial charge on any atom is -0.451 e. The molecular weight excluding hydrogens is 331 g/mol. The zero-order chi connectivity index (χ0) is 17.0. The number of benzene rings is 1. The summed E-state index contributed by atoms with van der Waals surface area (Å²) in [5.74, 6) is 0.304. The second-order valence-corrected chi connectivity index (χ2v) is 6.07. The zero-order valence-corrected chi connectivity index (χ0v) is 15.0. The van der Waals surface area contributed by atoms with E-state index in [0.717, 1.165) is 6.42 Å². The first kappa shape index (κ1) is 20.2. The van der Waals surface area contributed by atoms with Crippen molar-refractivity contribution in [3.8, 4) is 11.3 Å². The van der Waals surface area contributed by atoms with Gasteiger partial charge in [-0.3, -0.25) is 4.79 Å².